The Kier molecular flexibility index (Phi) is 5.40. The normalized spacial score (nSPS) is 30.3. The van der Waals surface area contributed by atoms with Crippen LogP contribution in [0.4, 0.5) is 0 Å². The van der Waals surface area contributed by atoms with E-state index in [9.17, 15) is 9.59 Å². The second-order valence-corrected chi connectivity index (χ2v) is 6.34. The van der Waals surface area contributed by atoms with Crippen LogP contribution in [0.2, 0.25) is 0 Å². The maximum Gasteiger partial charge on any atom is 0.222 e. The van der Waals surface area contributed by atoms with Crippen molar-refractivity contribution in [3.8, 4) is 0 Å². The standard InChI is InChI=1S/C15H27N3O2/c1-11(19)17-9-12-4-3-7-18(10-12)15(20)8-13-5-2-6-14(13)16/h12-14H,2-10,16H2,1H3,(H,17,19)/t12?,13-,14+/m0/s1. The molecule has 1 aliphatic carbocycles. The molecule has 0 aromatic carbocycles. The molecule has 0 radical (unpaired) electrons. The fraction of sp³-hybridized carbons (Fsp3) is 0.867. The Morgan fingerprint density at radius 3 is 2.70 bits per heavy atom. The Labute approximate surface area is 121 Å². The third-order valence-electron chi connectivity index (χ3n) is 4.67. The molecule has 20 heavy (non-hydrogen) atoms. The summed E-state index contributed by atoms with van der Waals surface area (Å²) < 4.78 is 0. The maximum atomic E-state index is 12.4. The lowest BCUT2D eigenvalue weighted by atomic mass is 9.95. The Morgan fingerprint density at radius 1 is 1.25 bits per heavy atom. The fourth-order valence-corrected chi connectivity index (χ4v) is 3.42. The minimum atomic E-state index is 0.00498. The molecule has 1 heterocycles. The highest BCUT2D eigenvalue weighted by Gasteiger charge is 2.30. The third-order valence-corrected chi connectivity index (χ3v) is 4.67. The first-order valence-electron chi connectivity index (χ1n) is 7.84. The predicted octanol–water partition coefficient (Wildman–Crippen LogP) is 0.879. The lowest BCUT2D eigenvalue weighted by Gasteiger charge is -2.33. The average molecular weight is 281 g/mol. The van der Waals surface area contributed by atoms with Gasteiger partial charge in [-0.25, -0.2) is 0 Å². The van der Waals surface area contributed by atoms with Crippen LogP contribution in [0.15, 0.2) is 0 Å². The van der Waals surface area contributed by atoms with Crippen molar-refractivity contribution in [2.75, 3.05) is 19.6 Å². The predicted molar refractivity (Wildman–Crippen MR) is 77.9 cm³/mol. The van der Waals surface area contributed by atoms with Crippen LogP contribution in [0.25, 0.3) is 0 Å². The van der Waals surface area contributed by atoms with Gasteiger partial charge in [-0.1, -0.05) is 6.42 Å². The first-order valence-corrected chi connectivity index (χ1v) is 7.84. The van der Waals surface area contributed by atoms with E-state index in [1.165, 1.54) is 6.92 Å². The molecule has 0 spiro atoms. The number of carbonyl (C=O) groups is 2. The van der Waals surface area contributed by atoms with Crippen molar-refractivity contribution in [3.63, 3.8) is 0 Å². The van der Waals surface area contributed by atoms with Gasteiger partial charge in [-0.3, -0.25) is 9.59 Å². The minimum Gasteiger partial charge on any atom is -0.356 e. The third kappa shape index (κ3) is 4.20. The lowest BCUT2D eigenvalue weighted by Crippen LogP contribution is -2.44. The molecule has 2 fully saturated rings. The van der Waals surface area contributed by atoms with Gasteiger partial charge in [-0.05, 0) is 37.5 Å². The number of amides is 2. The van der Waals surface area contributed by atoms with E-state index in [-0.39, 0.29) is 17.9 Å². The SMILES string of the molecule is CC(=O)NCC1CCCN(C(=O)C[C@@H]2CCC[C@H]2N)C1. The van der Waals surface area contributed by atoms with Gasteiger partial charge < -0.3 is 16.0 Å². The number of rotatable bonds is 4. The summed E-state index contributed by atoms with van der Waals surface area (Å²) >= 11 is 0. The molecule has 1 unspecified atom stereocenters. The van der Waals surface area contributed by atoms with Gasteiger partial charge in [-0.15, -0.1) is 0 Å². The van der Waals surface area contributed by atoms with E-state index in [0.29, 0.717) is 24.8 Å². The lowest BCUT2D eigenvalue weighted by molar-refractivity contribution is -0.134. The van der Waals surface area contributed by atoms with Crippen LogP contribution in [0.3, 0.4) is 0 Å². The van der Waals surface area contributed by atoms with Crippen LogP contribution >= 0.6 is 0 Å². The Morgan fingerprint density at radius 2 is 2.05 bits per heavy atom. The zero-order chi connectivity index (χ0) is 14.5. The average Bonchev–Trinajstić information content (AvgIpc) is 2.82. The van der Waals surface area contributed by atoms with Crippen LogP contribution in [0, 0.1) is 11.8 Å². The van der Waals surface area contributed by atoms with Gasteiger partial charge in [-0.2, -0.15) is 0 Å². The summed E-state index contributed by atoms with van der Waals surface area (Å²) in [6, 6.07) is 0.207. The fourth-order valence-electron chi connectivity index (χ4n) is 3.42. The van der Waals surface area contributed by atoms with Gasteiger partial charge in [0, 0.05) is 39.0 Å². The van der Waals surface area contributed by atoms with Crippen LogP contribution in [-0.2, 0) is 9.59 Å². The van der Waals surface area contributed by atoms with Gasteiger partial charge in [0.1, 0.15) is 0 Å². The number of hydrogen-bond donors (Lipinski definition) is 2. The largest absolute Gasteiger partial charge is 0.356 e. The zero-order valence-corrected chi connectivity index (χ0v) is 12.4. The monoisotopic (exact) mass is 281 g/mol. The van der Waals surface area contributed by atoms with Gasteiger partial charge in [0.15, 0.2) is 0 Å². The maximum absolute atomic E-state index is 12.4. The summed E-state index contributed by atoms with van der Waals surface area (Å²) in [5.41, 5.74) is 6.05. The number of hydrogen-bond acceptors (Lipinski definition) is 3. The number of nitrogens with one attached hydrogen (secondary N) is 1. The van der Waals surface area contributed by atoms with Gasteiger partial charge >= 0.3 is 0 Å². The van der Waals surface area contributed by atoms with E-state index >= 15 is 0 Å². The Bertz CT molecular complexity index is 359. The number of carbonyl (C=O) groups excluding carboxylic acids is 2. The van der Waals surface area contributed by atoms with E-state index in [0.717, 1.165) is 45.2 Å². The number of nitrogens with two attached hydrogens (primary N) is 1. The van der Waals surface area contributed by atoms with Crippen molar-refractivity contribution in [3.05, 3.63) is 0 Å². The molecule has 3 N–H and O–H groups in total. The molecule has 2 rings (SSSR count). The molecule has 2 aliphatic rings. The summed E-state index contributed by atoms with van der Waals surface area (Å²) in [7, 11) is 0. The summed E-state index contributed by atoms with van der Waals surface area (Å²) in [6.45, 7) is 3.85. The summed E-state index contributed by atoms with van der Waals surface area (Å²) in [5, 5.41) is 2.86. The summed E-state index contributed by atoms with van der Waals surface area (Å²) in [5.74, 6) is 1.03. The first kappa shape index (κ1) is 15.3. The molecule has 5 heteroatoms. The molecule has 1 aliphatic heterocycles. The second kappa shape index (κ2) is 7.07. The molecular weight excluding hydrogens is 254 g/mol. The van der Waals surface area contributed by atoms with Crippen molar-refractivity contribution >= 4 is 11.8 Å². The van der Waals surface area contributed by atoms with Crippen LogP contribution in [-0.4, -0.2) is 42.4 Å². The minimum absolute atomic E-state index is 0.00498. The summed E-state index contributed by atoms with van der Waals surface area (Å²) in [4.78, 5) is 25.3. The topological polar surface area (TPSA) is 75.4 Å². The number of piperidine rings is 1. The Hall–Kier alpha value is -1.10. The smallest absolute Gasteiger partial charge is 0.222 e. The quantitative estimate of drug-likeness (QED) is 0.803. The molecule has 3 atom stereocenters. The Balaban J connectivity index is 1.78. The van der Waals surface area contributed by atoms with E-state index in [1.54, 1.807) is 0 Å². The zero-order valence-electron chi connectivity index (χ0n) is 12.4. The van der Waals surface area contributed by atoms with E-state index in [1.807, 2.05) is 4.90 Å². The number of likely N-dealkylation sites (tertiary alicyclic amines) is 1. The molecule has 2 amide bonds. The molecule has 1 saturated carbocycles. The molecule has 1 saturated heterocycles. The highest BCUT2D eigenvalue weighted by Crippen LogP contribution is 2.28. The molecule has 0 bridgehead atoms. The van der Waals surface area contributed by atoms with Crippen LogP contribution in [0.1, 0.15) is 45.4 Å². The molecule has 114 valence electrons. The highest BCUT2D eigenvalue weighted by atomic mass is 16.2. The van der Waals surface area contributed by atoms with Crippen molar-refractivity contribution in [2.45, 2.75) is 51.5 Å². The second-order valence-electron chi connectivity index (χ2n) is 6.34. The van der Waals surface area contributed by atoms with E-state index in [2.05, 4.69) is 5.32 Å². The highest BCUT2D eigenvalue weighted by molar-refractivity contribution is 5.76. The molecule has 5 nitrogen and oxygen atoms in total. The molecule has 0 aromatic heterocycles. The van der Waals surface area contributed by atoms with Crippen molar-refractivity contribution in [2.24, 2.45) is 17.6 Å². The first-order chi connectivity index (χ1) is 9.56. The molecular formula is C15H27N3O2. The van der Waals surface area contributed by atoms with Gasteiger partial charge in [0.25, 0.3) is 0 Å². The van der Waals surface area contributed by atoms with E-state index < -0.39 is 0 Å². The summed E-state index contributed by atoms with van der Waals surface area (Å²) in [6.07, 6.45) is 6.04. The number of nitrogens with zero attached hydrogens (tertiary/aromatic N) is 1. The van der Waals surface area contributed by atoms with Crippen molar-refractivity contribution in [1.29, 1.82) is 0 Å². The van der Waals surface area contributed by atoms with Crippen LogP contribution < -0.4 is 11.1 Å². The van der Waals surface area contributed by atoms with Gasteiger partial charge in [0.05, 0.1) is 0 Å². The molecule has 0 aromatic rings. The van der Waals surface area contributed by atoms with Crippen molar-refractivity contribution in [1.82, 2.24) is 10.2 Å². The van der Waals surface area contributed by atoms with Crippen molar-refractivity contribution < 1.29 is 9.59 Å². The van der Waals surface area contributed by atoms with Gasteiger partial charge in [0.2, 0.25) is 11.8 Å². The van der Waals surface area contributed by atoms with E-state index in [4.69, 9.17) is 5.73 Å². The van der Waals surface area contributed by atoms with Crippen LogP contribution in [0.5, 0.6) is 0 Å².